The van der Waals surface area contributed by atoms with Crippen LogP contribution in [0.15, 0.2) is 73.1 Å². The van der Waals surface area contributed by atoms with Crippen molar-refractivity contribution in [3.63, 3.8) is 0 Å². The zero-order chi connectivity index (χ0) is 20.6. The molecule has 0 saturated carbocycles. The summed E-state index contributed by atoms with van der Waals surface area (Å²) in [5, 5.41) is 2.96. The Morgan fingerprint density at radius 2 is 1.62 bits per heavy atom. The van der Waals surface area contributed by atoms with E-state index in [0.29, 0.717) is 5.56 Å². The van der Waals surface area contributed by atoms with Gasteiger partial charge in [0.05, 0.1) is 17.4 Å². The fourth-order valence-electron chi connectivity index (χ4n) is 3.26. The van der Waals surface area contributed by atoms with Gasteiger partial charge >= 0.3 is 0 Å². The van der Waals surface area contributed by atoms with Gasteiger partial charge in [-0.15, -0.1) is 0 Å². The average Bonchev–Trinajstić information content (AvgIpc) is 2.76. The van der Waals surface area contributed by atoms with Crippen molar-refractivity contribution in [3.05, 3.63) is 84.2 Å². The number of hydrogen-bond donors (Lipinski definition) is 1. The van der Waals surface area contributed by atoms with Crippen molar-refractivity contribution in [2.24, 2.45) is 0 Å². The highest BCUT2D eigenvalue weighted by molar-refractivity contribution is 6.04. The summed E-state index contributed by atoms with van der Waals surface area (Å²) in [5.41, 5.74) is 4.57. The van der Waals surface area contributed by atoms with E-state index in [-0.39, 0.29) is 5.91 Å². The van der Waals surface area contributed by atoms with Gasteiger partial charge < -0.3 is 15.1 Å². The van der Waals surface area contributed by atoms with Gasteiger partial charge in [-0.25, -0.2) is 0 Å². The van der Waals surface area contributed by atoms with E-state index >= 15 is 0 Å². The molecule has 1 N–H and O–H groups in total. The molecule has 1 amide bonds. The minimum absolute atomic E-state index is 0.164. The summed E-state index contributed by atoms with van der Waals surface area (Å²) in [6.07, 6.45) is 3.37. The Labute approximate surface area is 173 Å². The Bertz CT molecular complexity index is 921. The van der Waals surface area contributed by atoms with Crippen LogP contribution in [-0.2, 0) is 6.54 Å². The van der Waals surface area contributed by atoms with Gasteiger partial charge in [0.25, 0.3) is 5.91 Å². The fourth-order valence-corrected chi connectivity index (χ4v) is 3.26. The molecule has 0 fully saturated rings. The summed E-state index contributed by atoms with van der Waals surface area (Å²) in [5.74, 6) is -0.164. The molecule has 5 nitrogen and oxygen atoms in total. The minimum atomic E-state index is -0.164. The third kappa shape index (κ3) is 5.35. The van der Waals surface area contributed by atoms with Crippen LogP contribution in [0.25, 0.3) is 0 Å². The maximum atomic E-state index is 12.7. The summed E-state index contributed by atoms with van der Waals surface area (Å²) in [7, 11) is 2.00. The zero-order valence-corrected chi connectivity index (χ0v) is 17.3. The number of pyridine rings is 1. The number of rotatable bonds is 8. The van der Waals surface area contributed by atoms with Crippen LogP contribution in [0.1, 0.15) is 29.8 Å². The van der Waals surface area contributed by atoms with E-state index in [4.69, 9.17) is 0 Å². The van der Waals surface area contributed by atoms with Gasteiger partial charge in [-0.05, 0) is 49.7 Å². The summed E-state index contributed by atoms with van der Waals surface area (Å²) in [4.78, 5) is 21.3. The average molecular weight is 389 g/mol. The molecule has 150 valence electrons. The first-order chi connectivity index (χ1) is 14.1. The molecule has 5 heteroatoms. The van der Waals surface area contributed by atoms with Crippen LogP contribution in [0.3, 0.4) is 0 Å². The van der Waals surface area contributed by atoms with Gasteiger partial charge in [-0.3, -0.25) is 9.78 Å². The number of carbonyl (C=O) groups excluding carboxylic acids is 1. The van der Waals surface area contributed by atoms with Crippen molar-refractivity contribution < 1.29 is 4.79 Å². The normalized spacial score (nSPS) is 10.4. The number of carbonyl (C=O) groups is 1. The number of nitrogens with zero attached hydrogens (tertiary/aromatic N) is 3. The minimum Gasteiger partial charge on any atom is -0.372 e. The molecule has 29 heavy (non-hydrogen) atoms. The molecule has 2 aromatic carbocycles. The Hall–Kier alpha value is -3.34. The van der Waals surface area contributed by atoms with Crippen LogP contribution in [0.2, 0.25) is 0 Å². The molecule has 0 bridgehead atoms. The van der Waals surface area contributed by atoms with Crippen molar-refractivity contribution in [2.75, 3.05) is 35.3 Å². The molecule has 3 aromatic rings. The fraction of sp³-hybridized carbons (Fsp3) is 0.250. The molecule has 0 unspecified atom stereocenters. The molecular weight excluding hydrogens is 360 g/mol. The second-order valence-corrected chi connectivity index (χ2v) is 6.95. The summed E-state index contributed by atoms with van der Waals surface area (Å²) < 4.78 is 0. The van der Waals surface area contributed by atoms with Crippen molar-refractivity contribution in [1.82, 2.24) is 4.98 Å². The quantitative estimate of drug-likeness (QED) is 0.601. The lowest BCUT2D eigenvalue weighted by Gasteiger charge is -2.21. The maximum absolute atomic E-state index is 12.7. The van der Waals surface area contributed by atoms with E-state index < -0.39 is 0 Å². The van der Waals surface area contributed by atoms with E-state index in [1.54, 1.807) is 12.4 Å². The first kappa shape index (κ1) is 20.4. The molecule has 0 spiro atoms. The van der Waals surface area contributed by atoms with Gasteiger partial charge in [-0.1, -0.05) is 30.3 Å². The Morgan fingerprint density at radius 1 is 0.931 bits per heavy atom. The van der Waals surface area contributed by atoms with Crippen molar-refractivity contribution >= 4 is 23.0 Å². The van der Waals surface area contributed by atoms with E-state index in [9.17, 15) is 4.79 Å². The summed E-state index contributed by atoms with van der Waals surface area (Å²) in [6, 6.07) is 20.0. The van der Waals surface area contributed by atoms with Crippen LogP contribution < -0.4 is 15.1 Å². The highest BCUT2D eigenvalue weighted by atomic mass is 16.1. The van der Waals surface area contributed by atoms with E-state index in [0.717, 1.165) is 36.7 Å². The third-order valence-corrected chi connectivity index (χ3v) is 4.94. The van der Waals surface area contributed by atoms with Gasteiger partial charge in [0.2, 0.25) is 0 Å². The van der Waals surface area contributed by atoms with Crippen molar-refractivity contribution in [2.45, 2.75) is 20.4 Å². The number of amides is 1. The standard InChI is InChI=1S/C24H28N4O/c1-4-28(5-2)22-13-11-21(12-14-22)26-24(29)20-15-23(17-25-16-20)27(3)18-19-9-7-6-8-10-19/h6-17H,4-5,18H2,1-3H3,(H,26,29). The Kier molecular flexibility index (Phi) is 6.85. The zero-order valence-electron chi connectivity index (χ0n) is 17.3. The molecule has 0 saturated heterocycles. The van der Waals surface area contributed by atoms with Gasteiger partial charge in [0, 0.05) is 44.3 Å². The van der Waals surface area contributed by atoms with Gasteiger partial charge in [-0.2, -0.15) is 0 Å². The monoisotopic (exact) mass is 388 g/mol. The molecule has 1 aromatic heterocycles. The molecule has 0 aliphatic carbocycles. The van der Waals surface area contributed by atoms with Crippen LogP contribution >= 0.6 is 0 Å². The Morgan fingerprint density at radius 3 is 2.28 bits per heavy atom. The number of hydrogen-bond acceptors (Lipinski definition) is 4. The molecular formula is C24H28N4O. The van der Waals surface area contributed by atoms with Crippen LogP contribution in [0.5, 0.6) is 0 Å². The third-order valence-electron chi connectivity index (χ3n) is 4.94. The molecule has 3 rings (SSSR count). The first-order valence-electron chi connectivity index (χ1n) is 9.97. The van der Waals surface area contributed by atoms with Crippen molar-refractivity contribution in [1.29, 1.82) is 0 Å². The lowest BCUT2D eigenvalue weighted by molar-refractivity contribution is 0.102. The number of nitrogens with one attached hydrogen (secondary N) is 1. The second kappa shape index (κ2) is 9.73. The highest BCUT2D eigenvalue weighted by Crippen LogP contribution is 2.20. The summed E-state index contributed by atoms with van der Waals surface area (Å²) >= 11 is 0. The van der Waals surface area contributed by atoms with Gasteiger partial charge in [0.15, 0.2) is 0 Å². The first-order valence-corrected chi connectivity index (χ1v) is 9.97. The van der Waals surface area contributed by atoms with E-state index in [1.165, 1.54) is 5.56 Å². The van der Waals surface area contributed by atoms with E-state index in [2.05, 4.69) is 46.1 Å². The van der Waals surface area contributed by atoms with Crippen LogP contribution in [0.4, 0.5) is 17.1 Å². The lowest BCUT2D eigenvalue weighted by Crippen LogP contribution is -2.21. The number of aromatic nitrogens is 1. The molecule has 0 radical (unpaired) electrons. The topological polar surface area (TPSA) is 48.5 Å². The van der Waals surface area contributed by atoms with E-state index in [1.807, 2.05) is 55.6 Å². The molecule has 0 atom stereocenters. The molecule has 0 aliphatic heterocycles. The summed E-state index contributed by atoms with van der Waals surface area (Å²) in [6.45, 7) is 6.93. The maximum Gasteiger partial charge on any atom is 0.257 e. The SMILES string of the molecule is CCN(CC)c1ccc(NC(=O)c2cncc(N(C)Cc3ccccc3)c2)cc1. The smallest absolute Gasteiger partial charge is 0.257 e. The molecule has 1 heterocycles. The highest BCUT2D eigenvalue weighted by Gasteiger charge is 2.10. The second-order valence-electron chi connectivity index (χ2n) is 6.95. The van der Waals surface area contributed by atoms with Crippen LogP contribution in [-0.4, -0.2) is 31.0 Å². The van der Waals surface area contributed by atoms with Crippen LogP contribution in [0, 0.1) is 0 Å². The van der Waals surface area contributed by atoms with Crippen molar-refractivity contribution in [3.8, 4) is 0 Å². The predicted molar refractivity (Wildman–Crippen MR) is 121 cm³/mol. The van der Waals surface area contributed by atoms with Gasteiger partial charge in [0.1, 0.15) is 0 Å². The number of anilines is 3. The predicted octanol–water partition coefficient (Wildman–Crippen LogP) is 4.82. The lowest BCUT2D eigenvalue weighted by atomic mass is 10.2. The largest absolute Gasteiger partial charge is 0.372 e. The Balaban J connectivity index is 1.67. The number of benzene rings is 2. The molecule has 0 aliphatic rings.